The molecule has 0 saturated carbocycles. The van der Waals surface area contributed by atoms with Crippen molar-refractivity contribution in [3.8, 4) is 5.19 Å². The van der Waals surface area contributed by atoms with E-state index in [1.807, 2.05) is 48.5 Å². The number of fused-ring (bicyclic) bond motifs is 4. The molecule has 1 aliphatic heterocycles. The zero-order chi connectivity index (χ0) is 23.2. The van der Waals surface area contributed by atoms with Crippen LogP contribution in [-0.2, 0) is 0 Å². The van der Waals surface area contributed by atoms with Crippen LogP contribution in [0.3, 0.4) is 0 Å². The Hall–Kier alpha value is -3.42. The molecule has 1 saturated heterocycles. The summed E-state index contributed by atoms with van der Waals surface area (Å²) in [6, 6.07) is 18.8. The third kappa shape index (κ3) is 3.71. The summed E-state index contributed by atoms with van der Waals surface area (Å²) in [5, 5.41) is 3.91. The van der Waals surface area contributed by atoms with Crippen molar-refractivity contribution in [2.75, 3.05) is 13.1 Å². The Kier molecular flexibility index (Phi) is 5.23. The molecule has 6 rings (SSSR count). The van der Waals surface area contributed by atoms with Gasteiger partial charge in [-0.3, -0.25) is 4.79 Å². The fourth-order valence-electron chi connectivity index (χ4n) is 4.46. The highest BCUT2D eigenvalue weighted by molar-refractivity contribution is 7.20. The molecular weight excluding hydrogens is 472 g/mol. The lowest BCUT2D eigenvalue weighted by Gasteiger charge is -2.31. The van der Waals surface area contributed by atoms with E-state index in [1.54, 1.807) is 17.0 Å². The van der Waals surface area contributed by atoms with Gasteiger partial charge in [0.15, 0.2) is 0 Å². The van der Waals surface area contributed by atoms with Crippen molar-refractivity contribution < 1.29 is 13.9 Å². The number of piperidine rings is 1. The highest BCUT2D eigenvalue weighted by Crippen LogP contribution is 2.33. The van der Waals surface area contributed by atoms with Crippen LogP contribution in [0, 0.1) is 0 Å². The zero-order valence-corrected chi connectivity index (χ0v) is 19.6. The largest absolute Gasteiger partial charge is 0.467 e. The fourth-order valence-corrected chi connectivity index (χ4v) is 5.64. The minimum Gasteiger partial charge on any atom is -0.467 e. The van der Waals surface area contributed by atoms with Crippen LogP contribution in [0.15, 0.2) is 69.9 Å². The predicted molar refractivity (Wildman–Crippen MR) is 134 cm³/mol. The highest BCUT2D eigenvalue weighted by Gasteiger charge is 2.27. The van der Waals surface area contributed by atoms with Crippen LogP contribution in [0.5, 0.6) is 5.19 Å². The van der Waals surface area contributed by atoms with Gasteiger partial charge in [-0.2, -0.15) is 0 Å². The summed E-state index contributed by atoms with van der Waals surface area (Å²) in [5.41, 5.74) is 0.664. The van der Waals surface area contributed by atoms with Crippen molar-refractivity contribution in [2.24, 2.45) is 0 Å². The number of benzene rings is 3. The molecule has 3 aromatic carbocycles. The minimum atomic E-state index is -0.613. The molecule has 0 bridgehead atoms. The van der Waals surface area contributed by atoms with E-state index >= 15 is 0 Å². The van der Waals surface area contributed by atoms with Gasteiger partial charge < -0.3 is 14.1 Å². The lowest BCUT2D eigenvalue weighted by molar-refractivity contribution is 0.0592. The van der Waals surface area contributed by atoms with Crippen molar-refractivity contribution in [1.29, 1.82) is 0 Å². The van der Waals surface area contributed by atoms with E-state index in [9.17, 15) is 9.59 Å². The van der Waals surface area contributed by atoms with Crippen LogP contribution < -0.4 is 10.4 Å². The average molecular weight is 491 g/mol. The number of hydrogen-bond donors (Lipinski definition) is 0. The van der Waals surface area contributed by atoms with Crippen LogP contribution >= 0.6 is 22.9 Å². The van der Waals surface area contributed by atoms with Gasteiger partial charge in [0.2, 0.25) is 0 Å². The standard InChI is InChI=1S/C26H19ClN2O4S/c27-20-6-3-7-22-23(20)28-26(34-22)32-16-10-12-29(13-11-16)24(30)19-14-18-17-5-2-1-4-15(17)8-9-21(18)33-25(19)31/h1-9,14,16H,10-13H2. The van der Waals surface area contributed by atoms with Gasteiger partial charge in [0.1, 0.15) is 22.8 Å². The molecule has 5 aromatic rings. The summed E-state index contributed by atoms with van der Waals surface area (Å²) in [4.78, 5) is 32.0. The first-order valence-electron chi connectivity index (χ1n) is 11.0. The van der Waals surface area contributed by atoms with Crippen LogP contribution in [0.4, 0.5) is 0 Å². The molecule has 170 valence electrons. The second-order valence-electron chi connectivity index (χ2n) is 8.32. The summed E-state index contributed by atoms with van der Waals surface area (Å²) >= 11 is 7.68. The molecule has 0 aliphatic carbocycles. The lowest BCUT2D eigenvalue weighted by atomic mass is 10.0. The SMILES string of the molecule is O=C(c1cc2c(ccc3ccccc32)oc1=O)N1CCC(Oc2nc3c(Cl)cccc3s2)CC1. The Morgan fingerprint density at radius 1 is 1.06 bits per heavy atom. The number of carbonyl (C=O) groups excluding carboxylic acids is 1. The smallest absolute Gasteiger partial charge is 0.349 e. The highest BCUT2D eigenvalue weighted by atomic mass is 35.5. The minimum absolute atomic E-state index is 0.0552. The predicted octanol–water partition coefficient (Wildman–Crippen LogP) is 5.89. The summed E-state index contributed by atoms with van der Waals surface area (Å²) < 4.78 is 12.6. The van der Waals surface area contributed by atoms with Gasteiger partial charge in [0, 0.05) is 31.3 Å². The number of ether oxygens (including phenoxy) is 1. The summed E-state index contributed by atoms with van der Waals surface area (Å²) in [6.07, 6.45) is 1.24. The van der Waals surface area contributed by atoms with Gasteiger partial charge in [-0.15, -0.1) is 0 Å². The van der Waals surface area contributed by atoms with Gasteiger partial charge in [-0.05, 0) is 35.0 Å². The molecule has 0 atom stereocenters. The average Bonchev–Trinajstić information content (AvgIpc) is 3.27. The topological polar surface area (TPSA) is 72.6 Å². The Balaban J connectivity index is 1.20. The van der Waals surface area contributed by atoms with E-state index in [1.165, 1.54) is 11.3 Å². The first kappa shape index (κ1) is 21.1. The third-order valence-corrected chi connectivity index (χ3v) is 7.44. The van der Waals surface area contributed by atoms with Crippen molar-refractivity contribution in [2.45, 2.75) is 18.9 Å². The summed E-state index contributed by atoms with van der Waals surface area (Å²) in [5.74, 6) is -0.311. The second-order valence-corrected chi connectivity index (χ2v) is 9.72. The van der Waals surface area contributed by atoms with Crippen molar-refractivity contribution in [3.63, 3.8) is 0 Å². The van der Waals surface area contributed by atoms with Gasteiger partial charge in [-0.1, -0.05) is 59.3 Å². The molecular formula is C26H19ClN2O4S. The molecule has 1 fully saturated rings. The summed E-state index contributed by atoms with van der Waals surface area (Å²) in [7, 11) is 0. The van der Waals surface area contributed by atoms with E-state index in [0.29, 0.717) is 41.7 Å². The van der Waals surface area contributed by atoms with Crippen LogP contribution in [0.1, 0.15) is 23.2 Å². The lowest BCUT2D eigenvalue weighted by Crippen LogP contribution is -2.43. The first-order valence-corrected chi connectivity index (χ1v) is 12.2. The molecule has 1 amide bonds. The van der Waals surface area contributed by atoms with Crippen LogP contribution in [0.25, 0.3) is 32.0 Å². The first-order chi connectivity index (χ1) is 16.6. The van der Waals surface area contributed by atoms with Crippen LogP contribution in [0.2, 0.25) is 5.02 Å². The molecule has 2 aromatic heterocycles. The number of para-hydroxylation sites is 1. The molecule has 8 heteroatoms. The molecule has 0 spiro atoms. The molecule has 1 aliphatic rings. The van der Waals surface area contributed by atoms with E-state index in [2.05, 4.69) is 4.98 Å². The fraction of sp³-hybridized carbons (Fsp3) is 0.192. The Labute approximate surface area is 203 Å². The van der Waals surface area contributed by atoms with E-state index in [0.717, 1.165) is 26.4 Å². The van der Waals surface area contributed by atoms with Crippen molar-refractivity contribution in [1.82, 2.24) is 9.88 Å². The van der Waals surface area contributed by atoms with Crippen molar-refractivity contribution in [3.05, 3.63) is 81.7 Å². The number of aromatic nitrogens is 1. The third-order valence-electron chi connectivity index (χ3n) is 6.22. The van der Waals surface area contributed by atoms with Gasteiger partial charge in [0.25, 0.3) is 11.1 Å². The number of rotatable bonds is 3. The van der Waals surface area contributed by atoms with Crippen molar-refractivity contribution >= 4 is 60.8 Å². The monoisotopic (exact) mass is 490 g/mol. The van der Waals surface area contributed by atoms with Gasteiger partial charge in [-0.25, -0.2) is 9.78 Å². The quantitative estimate of drug-likeness (QED) is 0.233. The molecule has 34 heavy (non-hydrogen) atoms. The van der Waals surface area contributed by atoms with Gasteiger partial charge >= 0.3 is 5.63 Å². The zero-order valence-electron chi connectivity index (χ0n) is 18.0. The Morgan fingerprint density at radius 3 is 2.71 bits per heavy atom. The number of amides is 1. The Morgan fingerprint density at radius 2 is 1.88 bits per heavy atom. The van der Waals surface area contributed by atoms with E-state index in [-0.39, 0.29) is 17.6 Å². The number of carbonyl (C=O) groups is 1. The number of likely N-dealkylation sites (tertiary alicyclic amines) is 1. The van der Waals surface area contributed by atoms with Gasteiger partial charge in [0.05, 0.1) is 9.72 Å². The number of nitrogens with zero attached hydrogens (tertiary/aromatic N) is 2. The molecule has 3 heterocycles. The van der Waals surface area contributed by atoms with Crippen LogP contribution in [-0.4, -0.2) is 35.0 Å². The molecule has 0 N–H and O–H groups in total. The maximum Gasteiger partial charge on any atom is 0.349 e. The maximum atomic E-state index is 13.2. The number of hydrogen-bond acceptors (Lipinski definition) is 6. The Bertz CT molecular complexity index is 1620. The summed E-state index contributed by atoms with van der Waals surface area (Å²) in [6.45, 7) is 0.977. The molecule has 0 radical (unpaired) electrons. The molecule has 0 unspecified atom stereocenters. The number of halogens is 1. The number of thiazole rings is 1. The second kappa shape index (κ2) is 8.42. The van der Waals surface area contributed by atoms with E-state index < -0.39 is 5.63 Å². The maximum absolute atomic E-state index is 13.2. The normalized spacial score (nSPS) is 14.8. The molecule has 6 nitrogen and oxygen atoms in total. The van der Waals surface area contributed by atoms with E-state index in [4.69, 9.17) is 20.8 Å².